The molecular formula is C24H21NO2. The summed E-state index contributed by atoms with van der Waals surface area (Å²) in [6, 6.07) is 17.7. The molecule has 0 amide bonds. The molecule has 1 aliphatic rings. The molecule has 0 radical (unpaired) electrons. The highest BCUT2D eigenvalue weighted by Gasteiger charge is 2.24. The summed E-state index contributed by atoms with van der Waals surface area (Å²) in [5.74, 6) is 0.427. The van der Waals surface area contributed by atoms with Gasteiger partial charge < -0.3 is 10.2 Å². The zero-order valence-corrected chi connectivity index (χ0v) is 15.2. The minimum Gasteiger partial charge on any atom is -0.504 e. The van der Waals surface area contributed by atoms with Crippen molar-refractivity contribution in [1.82, 2.24) is 4.98 Å². The number of rotatable bonds is 1. The third-order valence-electron chi connectivity index (χ3n) is 5.75. The number of phenolic OH excluding ortho intramolecular Hbond substituents is 2. The van der Waals surface area contributed by atoms with Crippen LogP contribution >= 0.6 is 0 Å². The first kappa shape index (κ1) is 16.1. The number of phenols is 2. The summed E-state index contributed by atoms with van der Waals surface area (Å²) in [5, 5.41) is 23.4. The number of hydrogen-bond acceptors (Lipinski definition) is 3. The molecule has 0 fully saturated rings. The predicted octanol–water partition coefficient (Wildman–Crippen LogP) is 5.59. The van der Waals surface area contributed by atoms with Gasteiger partial charge >= 0.3 is 0 Å². The average molecular weight is 355 g/mol. The molecule has 3 aromatic carbocycles. The minimum absolute atomic E-state index is 0.0877. The summed E-state index contributed by atoms with van der Waals surface area (Å²) >= 11 is 0. The second kappa shape index (κ2) is 5.98. The lowest BCUT2D eigenvalue weighted by Crippen LogP contribution is -2.14. The first-order valence-electron chi connectivity index (χ1n) is 9.47. The second-order valence-corrected chi connectivity index (χ2v) is 7.64. The number of benzene rings is 3. The second-order valence-electron chi connectivity index (χ2n) is 7.64. The molecule has 0 bridgehead atoms. The Labute approximate surface area is 157 Å². The molecule has 4 aromatic rings. The fourth-order valence-electron chi connectivity index (χ4n) is 4.38. The van der Waals surface area contributed by atoms with Gasteiger partial charge in [0.2, 0.25) is 0 Å². The molecule has 134 valence electrons. The maximum Gasteiger partial charge on any atom is 0.158 e. The molecule has 27 heavy (non-hydrogen) atoms. The van der Waals surface area contributed by atoms with Crippen LogP contribution in [0.3, 0.4) is 0 Å². The van der Waals surface area contributed by atoms with Crippen LogP contribution in [0.2, 0.25) is 0 Å². The van der Waals surface area contributed by atoms with Crippen LogP contribution in [-0.2, 0) is 12.8 Å². The maximum absolute atomic E-state index is 10.1. The summed E-state index contributed by atoms with van der Waals surface area (Å²) < 4.78 is 0. The van der Waals surface area contributed by atoms with E-state index in [1.165, 1.54) is 22.0 Å². The number of aromatic nitrogens is 1. The summed E-state index contributed by atoms with van der Waals surface area (Å²) in [5.41, 5.74) is 5.51. The lowest BCUT2D eigenvalue weighted by atomic mass is 9.81. The molecule has 1 aliphatic carbocycles. The monoisotopic (exact) mass is 355 g/mol. The van der Waals surface area contributed by atoms with Crippen molar-refractivity contribution in [2.75, 3.05) is 0 Å². The van der Waals surface area contributed by atoms with Crippen molar-refractivity contribution in [2.24, 2.45) is 5.92 Å². The minimum atomic E-state index is -0.0933. The van der Waals surface area contributed by atoms with E-state index in [0.717, 1.165) is 41.3 Å². The van der Waals surface area contributed by atoms with Gasteiger partial charge in [-0.05, 0) is 70.8 Å². The summed E-state index contributed by atoms with van der Waals surface area (Å²) in [6.45, 7) is 2.29. The van der Waals surface area contributed by atoms with Crippen molar-refractivity contribution in [1.29, 1.82) is 0 Å². The number of nitrogens with zero attached hydrogens (tertiary/aromatic N) is 1. The molecule has 3 nitrogen and oxygen atoms in total. The Bertz CT molecular complexity index is 1200. The van der Waals surface area contributed by atoms with E-state index in [9.17, 15) is 10.2 Å². The van der Waals surface area contributed by atoms with E-state index in [4.69, 9.17) is 4.98 Å². The molecule has 0 aliphatic heterocycles. The standard InChI is InChI=1S/C24H21NO2/c1-14-6-9-19-18(12-14)23(16-8-11-21(26)22(27)13-16)24-17-5-3-2-4-15(17)7-10-20(24)25-19/h2-5,7-8,10-11,13-14,26-27H,6,9,12H2,1H3. The smallest absolute Gasteiger partial charge is 0.158 e. The number of fused-ring (bicyclic) bond motifs is 4. The van der Waals surface area contributed by atoms with Gasteiger partial charge in [0.25, 0.3) is 0 Å². The zero-order valence-electron chi connectivity index (χ0n) is 15.2. The molecular weight excluding hydrogens is 334 g/mol. The molecule has 2 N–H and O–H groups in total. The topological polar surface area (TPSA) is 53.4 Å². The maximum atomic E-state index is 10.1. The number of pyridine rings is 1. The van der Waals surface area contributed by atoms with Crippen LogP contribution in [0, 0.1) is 5.92 Å². The van der Waals surface area contributed by atoms with Crippen molar-refractivity contribution in [2.45, 2.75) is 26.2 Å². The molecule has 0 saturated heterocycles. The Morgan fingerprint density at radius 2 is 1.81 bits per heavy atom. The average Bonchev–Trinajstić information content (AvgIpc) is 2.68. The van der Waals surface area contributed by atoms with Crippen molar-refractivity contribution in [3.05, 3.63) is 65.9 Å². The lowest BCUT2D eigenvalue weighted by Gasteiger charge is -2.25. The number of aromatic hydroxyl groups is 2. The van der Waals surface area contributed by atoms with Crippen molar-refractivity contribution >= 4 is 21.7 Å². The van der Waals surface area contributed by atoms with E-state index in [2.05, 4.69) is 37.3 Å². The Kier molecular flexibility index (Phi) is 3.57. The van der Waals surface area contributed by atoms with E-state index >= 15 is 0 Å². The van der Waals surface area contributed by atoms with Crippen LogP contribution in [0.15, 0.2) is 54.6 Å². The Morgan fingerprint density at radius 1 is 0.963 bits per heavy atom. The van der Waals surface area contributed by atoms with Gasteiger partial charge in [-0.2, -0.15) is 0 Å². The van der Waals surface area contributed by atoms with Crippen LogP contribution in [0.5, 0.6) is 11.5 Å². The van der Waals surface area contributed by atoms with Crippen LogP contribution in [0.1, 0.15) is 24.6 Å². The van der Waals surface area contributed by atoms with Gasteiger partial charge in [-0.25, -0.2) is 0 Å². The van der Waals surface area contributed by atoms with Crippen molar-refractivity contribution in [3.8, 4) is 22.6 Å². The largest absolute Gasteiger partial charge is 0.504 e. The predicted molar refractivity (Wildman–Crippen MR) is 109 cm³/mol. The van der Waals surface area contributed by atoms with E-state index in [0.29, 0.717) is 5.92 Å². The van der Waals surface area contributed by atoms with Crippen molar-refractivity contribution in [3.63, 3.8) is 0 Å². The van der Waals surface area contributed by atoms with E-state index in [-0.39, 0.29) is 11.5 Å². The third-order valence-corrected chi connectivity index (χ3v) is 5.75. The van der Waals surface area contributed by atoms with Gasteiger partial charge in [0.15, 0.2) is 11.5 Å². The fourth-order valence-corrected chi connectivity index (χ4v) is 4.38. The lowest BCUT2D eigenvalue weighted by molar-refractivity contribution is 0.404. The molecule has 0 saturated carbocycles. The Morgan fingerprint density at radius 3 is 2.67 bits per heavy atom. The van der Waals surface area contributed by atoms with E-state index < -0.39 is 0 Å². The molecule has 1 heterocycles. The fraction of sp³-hybridized carbons (Fsp3) is 0.208. The van der Waals surface area contributed by atoms with Gasteiger partial charge in [0.05, 0.1) is 5.52 Å². The molecule has 1 atom stereocenters. The highest BCUT2D eigenvalue weighted by Crippen LogP contribution is 2.42. The molecule has 5 rings (SSSR count). The van der Waals surface area contributed by atoms with Crippen LogP contribution in [0.4, 0.5) is 0 Å². The third kappa shape index (κ3) is 2.54. The molecule has 0 spiro atoms. The van der Waals surface area contributed by atoms with Crippen molar-refractivity contribution < 1.29 is 10.2 Å². The van der Waals surface area contributed by atoms with Gasteiger partial charge in [0, 0.05) is 11.1 Å². The Hall–Kier alpha value is -3.07. The summed E-state index contributed by atoms with van der Waals surface area (Å²) in [4.78, 5) is 5.01. The van der Waals surface area contributed by atoms with E-state index in [1.807, 2.05) is 12.1 Å². The van der Waals surface area contributed by atoms with Crippen LogP contribution in [-0.4, -0.2) is 15.2 Å². The van der Waals surface area contributed by atoms with Gasteiger partial charge in [0.1, 0.15) is 0 Å². The number of aryl methyl sites for hydroxylation is 1. The van der Waals surface area contributed by atoms with Gasteiger partial charge in [-0.3, -0.25) is 4.98 Å². The van der Waals surface area contributed by atoms with Gasteiger partial charge in [-0.15, -0.1) is 0 Å². The zero-order chi connectivity index (χ0) is 18.5. The molecule has 3 heteroatoms. The van der Waals surface area contributed by atoms with Crippen LogP contribution < -0.4 is 0 Å². The molecule has 1 aromatic heterocycles. The molecule has 1 unspecified atom stereocenters. The number of hydrogen-bond donors (Lipinski definition) is 2. The highest BCUT2D eigenvalue weighted by atomic mass is 16.3. The quantitative estimate of drug-likeness (QED) is 0.346. The SMILES string of the molecule is CC1CCc2nc3ccc4ccccc4c3c(-c3ccc(O)c(O)c3)c2C1. The van der Waals surface area contributed by atoms with Gasteiger partial charge in [-0.1, -0.05) is 43.3 Å². The highest BCUT2D eigenvalue weighted by molar-refractivity contribution is 6.14. The summed E-state index contributed by atoms with van der Waals surface area (Å²) in [7, 11) is 0. The van der Waals surface area contributed by atoms with E-state index in [1.54, 1.807) is 12.1 Å². The first-order valence-corrected chi connectivity index (χ1v) is 9.47. The normalized spacial score (nSPS) is 16.6. The summed E-state index contributed by atoms with van der Waals surface area (Å²) in [6.07, 6.45) is 3.12. The van der Waals surface area contributed by atoms with Crippen LogP contribution in [0.25, 0.3) is 32.8 Å². The Balaban J connectivity index is 1.96. The first-order chi connectivity index (χ1) is 13.1.